The SMILES string of the molecule is CCNCc1cccc(OC)c1OC(C)C(=O)N(C)C. The first-order valence-electron chi connectivity index (χ1n) is 6.75. The van der Waals surface area contributed by atoms with E-state index in [1.54, 1.807) is 28.1 Å². The van der Waals surface area contributed by atoms with Gasteiger partial charge in [0.15, 0.2) is 17.6 Å². The minimum atomic E-state index is -0.554. The van der Waals surface area contributed by atoms with Gasteiger partial charge in [0.1, 0.15) is 0 Å². The third-order valence-corrected chi connectivity index (χ3v) is 2.93. The molecule has 0 aliphatic carbocycles. The van der Waals surface area contributed by atoms with Crippen molar-refractivity contribution in [1.82, 2.24) is 10.2 Å². The van der Waals surface area contributed by atoms with Crippen molar-refractivity contribution in [2.45, 2.75) is 26.5 Å². The topological polar surface area (TPSA) is 50.8 Å². The molecule has 0 saturated heterocycles. The molecular weight excluding hydrogens is 256 g/mol. The van der Waals surface area contributed by atoms with Crippen molar-refractivity contribution < 1.29 is 14.3 Å². The maximum atomic E-state index is 11.9. The molecule has 0 aliphatic heterocycles. The number of carbonyl (C=O) groups excluding carboxylic acids is 1. The number of methoxy groups -OCH3 is 1. The standard InChI is InChI=1S/C15H24N2O3/c1-6-16-10-12-8-7-9-13(19-5)14(12)20-11(2)15(18)17(3)4/h7-9,11,16H,6,10H2,1-5H3. The van der Waals surface area contributed by atoms with E-state index < -0.39 is 6.10 Å². The summed E-state index contributed by atoms with van der Waals surface area (Å²) in [4.78, 5) is 13.4. The molecule has 0 radical (unpaired) electrons. The molecule has 1 N–H and O–H groups in total. The van der Waals surface area contributed by atoms with Gasteiger partial charge in [-0.1, -0.05) is 19.1 Å². The normalized spacial score (nSPS) is 11.8. The highest BCUT2D eigenvalue weighted by atomic mass is 16.5. The molecule has 1 unspecified atom stereocenters. The smallest absolute Gasteiger partial charge is 0.262 e. The van der Waals surface area contributed by atoms with Crippen LogP contribution in [-0.2, 0) is 11.3 Å². The van der Waals surface area contributed by atoms with Crippen molar-refractivity contribution in [3.05, 3.63) is 23.8 Å². The first-order chi connectivity index (χ1) is 9.51. The van der Waals surface area contributed by atoms with E-state index in [4.69, 9.17) is 9.47 Å². The van der Waals surface area contributed by atoms with Crippen LogP contribution >= 0.6 is 0 Å². The van der Waals surface area contributed by atoms with E-state index in [1.165, 1.54) is 4.90 Å². The molecule has 0 heterocycles. The zero-order valence-electron chi connectivity index (χ0n) is 12.9. The van der Waals surface area contributed by atoms with Crippen LogP contribution < -0.4 is 14.8 Å². The number of carbonyl (C=O) groups is 1. The lowest BCUT2D eigenvalue weighted by Crippen LogP contribution is -2.35. The Bertz CT molecular complexity index is 447. The average Bonchev–Trinajstić information content (AvgIpc) is 2.44. The van der Waals surface area contributed by atoms with Crippen molar-refractivity contribution in [3.63, 3.8) is 0 Å². The van der Waals surface area contributed by atoms with Crippen molar-refractivity contribution in [1.29, 1.82) is 0 Å². The number of amides is 1. The van der Waals surface area contributed by atoms with Gasteiger partial charge in [0, 0.05) is 26.2 Å². The molecule has 1 amide bonds. The molecule has 20 heavy (non-hydrogen) atoms. The maximum Gasteiger partial charge on any atom is 0.262 e. The summed E-state index contributed by atoms with van der Waals surface area (Å²) in [7, 11) is 5.02. The second-order valence-corrected chi connectivity index (χ2v) is 4.72. The molecule has 0 bridgehead atoms. The molecule has 1 atom stereocenters. The number of ether oxygens (including phenoxy) is 2. The molecule has 0 aliphatic rings. The van der Waals surface area contributed by atoms with Gasteiger partial charge in [-0.15, -0.1) is 0 Å². The zero-order chi connectivity index (χ0) is 15.1. The van der Waals surface area contributed by atoms with Crippen LogP contribution in [0.25, 0.3) is 0 Å². The van der Waals surface area contributed by atoms with Gasteiger partial charge in [-0.25, -0.2) is 0 Å². The van der Waals surface area contributed by atoms with Crippen LogP contribution in [0.4, 0.5) is 0 Å². The van der Waals surface area contributed by atoms with E-state index in [2.05, 4.69) is 5.32 Å². The lowest BCUT2D eigenvalue weighted by molar-refractivity contribution is -0.135. The molecule has 1 rings (SSSR count). The van der Waals surface area contributed by atoms with Crippen LogP contribution in [0.3, 0.4) is 0 Å². The fourth-order valence-electron chi connectivity index (χ4n) is 1.85. The lowest BCUT2D eigenvalue weighted by atomic mass is 10.1. The van der Waals surface area contributed by atoms with Gasteiger partial charge in [-0.05, 0) is 19.5 Å². The zero-order valence-corrected chi connectivity index (χ0v) is 12.9. The summed E-state index contributed by atoms with van der Waals surface area (Å²) >= 11 is 0. The fraction of sp³-hybridized carbons (Fsp3) is 0.533. The van der Waals surface area contributed by atoms with Crippen molar-refractivity contribution >= 4 is 5.91 Å². The van der Waals surface area contributed by atoms with Crippen LogP contribution in [0.2, 0.25) is 0 Å². The molecule has 0 aromatic heterocycles. The van der Waals surface area contributed by atoms with Gasteiger partial charge >= 0.3 is 0 Å². The molecule has 1 aromatic carbocycles. The Kier molecular flexibility index (Phi) is 6.31. The summed E-state index contributed by atoms with van der Waals surface area (Å²) in [6.07, 6.45) is -0.554. The van der Waals surface area contributed by atoms with Crippen LogP contribution in [0.15, 0.2) is 18.2 Å². The number of nitrogens with zero attached hydrogens (tertiary/aromatic N) is 1. The van der Waals surface area contributed by atoms with Gasteiger partial charge in [-0.3, -0.25) is 4.79 Å². The molecule has 5 heteroatoms. The highest BCUT2D eigenvalue weighted by molar-refractivity contribution is 5.80. The maximum absolute atomic E-state index is 11.9. The summed E-state index contributed by atoms with van der Waals surface area (Å²) in [5.41, 5.74) is 0.976. The summed E-state index contributed by atoms with van der Waals surface area (Å²) in [5.74, 6) is 1.18. The van der Waals surface area contributed by atoms with Crippen LogP contribution in [-0.4, -0.2) is 44.7 Å². The Balaban J connectivity index is 2.98. The molecule has 0 saturated carbocycles. The van der Waals surface area contributed by atoms with Gasteiger partial charge in [0.25, 0.3) is 5.91 Å². The van der Waals surface area contributed by atoms with E-state index in [9.17, 15) is 4.79 Å². The Labute approximate surface area is 120 Å². The number of nitrogens with one attached hydrogen (secondary N) is 1. The number of benzene rings is 1. The van der Waals surface area contributed by atoms with Crippen LogP contribution in [0, 0.1) is 0 Å². The summed E-state index contributed by atoms with van der Waals surface area (Å²) < 4.78 is 11.2. The van der Waals surface area contributed by atoms with E-state index in [0.717, 1.165) is 12.1 Å². The van der Waals surface area contributed by atoms with Gasteiger partial charge in [-0.2, -0.15) is 0 Å². The quantitative estimate of drug-likeness (QED) is 0.825. The predicted octanol–water partition coefficient (Wildman–Crippen LogP) is 1.66. The number of para-hydroxylation sites is 1. The first-order valence-corrected chi connectivity index (χ1v) is 6.75. The van der Waals surface area contributed by atoms with Crippen molar-refractivity contribution in [3.8, 4) is 11.5 Å². The van der Waals surface area contributed by atoms with Gasteiger partial charge in [0.05, 0.1) is 7.11 Å². The minimum Gasteiger partial charge on any atom is -0.493 e. The van der Waals surface area contributed by atoms with Crippen molar-refractivity contribution in [2.75, 3.05) is 27.7 Å². The molecule has 1 aromatic rings. The van der Waals surface area contributed by atoms with Gasteiger partial charge in [0.2, 0.25) is 0 Å². The number of hydrogen-bond donors (Lipinski definition) is 1. The van der Waals surface area contributed by atoms with Crippen molar-refractivity contribution in [2.24, 2.45) is 0 Å². The predicted molar refractivity (Wildman–Crippen MR) is 79.2 cm³/mol. The van der Waals surface area contributed by atoms with Gasteiger partial charge < -0.3 is 19.7 Å². The van der Waals surface area contributed by atoms with E-state index >= 15 is 0 Å². The van der Waals surface area contributed by atoms with Crippen LogP contribution in [0.5, 0.6) is 11.5 Å². The summed E-state index contributed by atoms with van der Waals surface area (Å²) in [6, 6.07) is 5.71. The second-order valence-electron chi connectivity index (χ2n) is 4.72. The number of likely N-dealkylation sites (N-methyl/N-ethyl adjacent to an activating group) is 1. The Morgan fingerprint density at radius 2 is 2.10 bits per heavy atom. The highest BCUT2D eigenvalue weighted by Crippen LogP contribution is 2.32. The largest absolute Gasteiger partial charge is 0.493 e. The van der Waals surface area contributed by atoms with E-state index in [1.807, 2.05) is 25.1 Å². The molecule has 112 valence electrons. The average molecular weight is 280 g/mol. The second kappa shape index (κ2) is 7.75. The molecular formula is C15H24N2O3. The van der Waals surface area contributed by atoms with Crippen LogP contribution in [0.1, 0.15) is 19.4 Å². The molecule has 0 spiro atoms. The monoisotopic (exact) mass is 280 g/mol. The Morgan fingerprint density at radius 3 is 2.65 bits per heavy atom. The van der Waals surface area contributed by atoms with E-state index in [-0.39, 0.29) is 5.91 Å². The van der Waals surface area contributed by atoms with E-state index in [0.29, 0.717) is 18.0 Å². The fourth-order valence-corrected chi connectivity index (χ4v) is 1.85. The number of hydrogen-bond acceptors (Lipinski definition) is 4. The first kappa shape index (κ1) is 16.3. The third-order valence-electron chi connectivity index (χ3n) is 2.93. The minimum absolute atomic E-state index is 0.0784. The summed E-state index contributed by atoms with van der Waals surface area (Å²) in [5, 5.41) is 3.25. The lowest BCUT2D eigenvalue weighted by Gasteiger charge is -2.21. The third kappa shape index (κ3) is 4.13. The molecule has 0 fully saturated rings. The summed E-state index contributed by atoms with van der Waals surface area (Å²) in [6.45, 7) is 5.32. The molecule has 5 nitrogen and oxygen atoms in total. The Hall–Kier alpha value is -1.75. The number of rotatable bonds is 7. The highest BCUT2D eigenvalue weighted by Gasteiger charge is 2.20. The Morgan fingerprint density at radius 1 is 1.40 bits per heavy atom.